The van der Waals surface area contributed by atoms with Crippen LogP contribution in [0.4, 0.5) is 0 Å². The van der Waals surface area contributed by atoms with Gasteiger partial charge in [0.15, 0.2) is 6.79 Å². The minimum atomic E-state index is -2.83. The number of ether oxygens (including phenoxy) is 3. The summed E-state index contributed by atoms with van der Waals surface area (Å²) in [5, 5.41) is 2.02. The molecule has 0 saturated heterocycles. The number of carbonyl (C=O) groups is 2. The van der Waals surface area contributed by atoms with Gasteiger partial charge in [-0.05, 0) is 33.6 Å². The van der Waals surface area contributed by atoms with Gasteiger partial charge in [0.1, 0.15) is 6.10 Å². The lowest BCUT2D eigenvalue weighted by Crippen LogP contribution is -2.67. The van der Waals surface area contributed by atoms with Gasteiger partial charge in [-0.2, -0.15) is 0 Å². The predicted molar refractivity (Wildman–Crippen MR) is 146 cm³/mol. The van der Waals surface area contributed by atoms with Crippen LogP contribution in [0.5, 0.6) is 0 Å². The van der Waals surface area contributed by atoms with E-state index < -0.39 is 26.4 Å². The fourth-order valence-corrected chi connectivity index (χ4v) is 8.78. The second-order valence-electron chi connectivity index (χ2n) is 9.48. The number of rotatable bonds is 11. The summed E-state index contributed by atoms with van der Waals surface area (Å²) in [5.74, 6) is -1.01. The molecule has 0 fully saturated rings. The fourth-order valence-electron chi connectivity index (χ4n) is 4.21. The van der Waals surface area contributed by atoms with Crippen LogP contribution in [0.25, 0.3) is 0 Å². The van der Waals surface area contributed by atoms with Gasteiger partial charge in [0.05, 0.1) is 19.3 Å². The Kier molecular flexibility index (Phi) is 9.97. The quantitative estimate of drug-likeness (QED) is 0.161. The van der Waals surface area contributed by atoms with Crippen LogP contribution in [0.1, 0.15) is 31.1 Å². The van der Waals surface area contributed by atoms with Gasteiger partial charge >= 0.3 is 11.9 Å². The number of benzene rings is 3. The largest absolute Gasteiger partial charge is 0.466 e. The molecule has 0 spiro atoms. The SMILES string of the molecule is COC(=O)/C=C/[C@H](CO[Si](c1ccccc1)(c1ccccc1)C(C)(C)C)OCOC(=O)c1ccccc1. The smallest absolute Gasteiger partial charge is 0.340 e. The third-order valence-corrected chi connectivity index (χ3v) is 11.0. The van der Waals surface area contributed by atoms with Crippen molar-refractivity contribution < 1.29 is 28.2 Å². The second kappa shape index (κ2) is 13.1. The zero-order chi connectivity index (χ0) is 26.7. The molecule has 0 bridgehead atoms. The van der Waals surface area contributed by atoms with Crippen LogP contribution in [0.2, 0.25) is 5.04 Å². The van der Waals surface area contributed by atoms with Crippen molar-refractivity contribution >= 4 is 30.6 Å². The molecule has 0 saturated carbocycles. The van der Waals surface area contributed by atoms with Crippen molar-refractivity contribution in [3.05, 3.63) is 109 Å². The maximum absolute atomic E-state index is 12.3. The summed E-state index contributed by atoms with van der Waals surface area (Å²) in [7, 11) is -1.52. The van der Waals surface area contributed by atoms with Gasteiger partial charge in [-0.15, -0.1) is 0 Å². The lowest BCUT2D eigenvalue weighted by atomic mass is 10.2. The number of hydrogen-bond acceptors (Lipinski definition) is 6. The molecular formula is C30H34O6Si. The Balaban J connectivity index is 1.86. The van der Waals surface area contributed by atoms with E-state index in [4.69, 9.17) is 18.6 Å². The van der Waals surface area contributed by atoms with Gasteiger partial charge in [0.25, 0.3) is 8.32 Å². The summed E-state index contributed by atoms with van der Waals surface area (Å²) in [4.78, 5) is 24.1. The van der Waals surface area contributed by atoms with E-state index in [0.717, 1.165) is 10.4 Å². The van der Waals surface area contributed by atoms with Crippen molar-refractivity contribution in [2.75, 3.05) is 20.5 Å². The maximum atomic E-state index is 12.3. The van der Waals surface area contributed by atoms with Crippen LogP contribution >= 0.6 is 0 Å². The highest BCUT2D eigenvalue weighted by Gasteiger charge is 2.50. The summed E-state index contributed by atoms with van der Waals surface area (Å²) in [6.07, 6.45) is 2.20. The Hall–Kier alpha value is -3.52. The van der Waals surface area contributed by atoms with E-state index in [-0.39, 0.29) is 18.4 Å². The first-order valence-corrected chi connectivity index (χ1v) is 14.0. The van der Waals surface area contributed by atoms with Crippen LogP contribution in [0.3, 0.4) is 0 Å². The summed E-state index contributed by atoms with van der Waals surface area (Å²) in [6.45, 7) is 6.39. The van der Waals surface area contributed by atoms with Crippen LogP contribution in [0.15, 0.2) is 103 Å². The average Bonchev–Trinajstić information content (AvgIpc) is 2.92. The summed E-state index contributed by atoms with van der Waals surface area (Å²) in [5.41, 5.74) is 0.427. The molecule has 0 aliphatic rings. The molecule has 0 radical (unpaired) electrons. The molecule has 6 nitrogen and oxygen atoms in total. The second-order valence-corrected chi connectivity index (χ2v) is 13.8. The third kappa shape index (κ3) is 7.26. The van der Waals surface area contributed by atoms with Gasteiger partial charge in [0, 0.05) is 6.08 Å². The van der Waals surface area contributed by atoms with Gasteiger partial charge < -0.3 is 18.6 Å². The molecular weight excluding hydrogens is 484 g/mol. The number of esters is 2. The molecule has 1 atom stereocenters. The lowest BCUT2D eigenvalue weighted by molar-refractivity contribution is -0.135. The van der Waals surface area contributed by atoms with Crippen LogP contribution in [-0.4, -0.2) is 46.9 Å². The average molecular weight is 519 g/mol. The lowest BCUT2D eigenvalue weighted by Gasteiger charge is -2.43. The van der Waals surface area contributed by atoms with E-state index in [0.29, 0.717) is 5.56 Å². The van der Waals surface area contributed by atoms with Crippen LogP contribution in [-0.2, 0) is 23.4 Å². The Morgan fingerprint density at radius 1 is 0.838 bits per heavy atom. The first-order valence-electron chi connectivity index (χ1n) is 12.1. The van der Waals surface area contributed by atoms with E-state index in [2.05, 4.69) is 45.0 Å². The van der Waals surface area contributed by atoms with E-state index in [1.54, 1.807) is 30.3 Å². The molecule has 3 rings (SSSR count). The van der Waals surface area contributed by atoms with Gasteiger partial charge in [-0.1, -0.05) is 99.6 Å². The first kappa shape index (κ1) is 28.1. The highest BCUT2D eigenvalue weighted by atomic mass is 28.4. The summed E-state index contributed by atoms with van der Waals surface area (Å²) < 4.78 is 22.8. The van der Waals surface area contributed by atoms with Crippen LogP contribution < -0.4 is 10.4 Å². The van der Waals surface area contributed by atoms with E-state index in [9.17, 15) is 9.59 Å². The van der Waals surface area contributed by atoms with Crippen molar-refractivity contribution in [3.8, 4) is 0 Å². The molecule has 0 heterocycles. The normalized spacial score (nSPS) is 12.8. The molecule has 194 valence electrons. The molecule has 0 aliphatic heterocycles. The highest BCUT2D eigenvalue weighted by Crippen LogP contribution is 2.36. The van der Waals surface area contributed by atoms with E-state index in [1.807, 2.05) is 42.5 Å². The minimum Gasteiger partial charge on any atom is -0.466 e. The molecule has 7 heteroatoms. The molecule has 0 N–H and O–H groups in total. The van der Waals surface area contributed by atoms with E-state index in [1.165, 1.54) is 13.2 Å². The Morgan fingerprint density at radius 2 is 1.35 bits per heavy atom. The Labute approximate surface area is 220 Å². The molecule has 0 aliphatic carbocycles. The fraction of sp³-hybridized carbons (Fsp3) is 0.267. The van der Waals surface area contributed by atoms with Gasteiger partial charge in [0.2, 0.25) is 0 Å². The Bertz CT molecular complexity index is 1120. The molecule has 0 amide bonds. The summed E-state index contributed by atoms with van der Waals surface area (Å²) in [6, 6.07) is 29.1. The van der Waals surface area contributed by atoms with Gasteiger partial charge in [-0.25, -0.2) is 9.59 Å². The zero-order valence-corrected chi connectivity index (χ0v) is 22.8. The molecule has 0 aromatic heterocycles. The van der Waals surface area contributed by atoms with Crippen molar-refractivity contribution in [1.29, 1.82) is 0 Å². The zero-order valence-electron chi connectivity index (χ0n) is 21.8. The maximum Gasteiger partial charge on any atom is 0.340 e. The monoisotopic (exact) mass is 518 g/mol. The van der Waals surface area contributed by atoms with Gasteiger partial charge in [-0.3, -0.25) is 0 Å². The number of carbonyl (C=O) groups excluding carboxylic acids is 2. The minimum absolute atomic E-state index is 0.143. The summed E-state index contributed by atoms with van der Waals surface area (Å²) >= 11 is 0. The van der Waals surface area contributed by atoms with E-state index >= 15 is 0 Å². The standard InChI is InChI=1S/C30H34O6Si/c1-30(2,3)37(26-16-10-6-11-17-26,27-18-12-7-13-19-27)36-22-25(20-21-28(31)33-4)34-23-35-29(32)24-14-8-5-9-15-24/h5-21,25H,22-23H2,1-4H3/b21-20+/t25-/m1/s1. The first-order chi connectivity index (χ1) is 17.8. The topological polar surface area (TPSA) is 71.1 Å². The predicted octanol–water partition coefficient (Wildman–Crippen LogP) is 4.49. The molecule has 0 unspecified atom stereocenters. The number of methoxy groups -OCH3 is 1. The van der Waals surface area contributed by atoms with Crippen molar-refractivity contribution in [2.45, 2.75) is 31.9 Å². The van der Waals surface area contributed by atoms with Crippen molar-refractivity contribution in [1.82, 2.24) is 0 Å². The molecule has 37 heavy (non-hydrogen) atoms. The van der Waals surface area contributed by atoms with Crippen molar-refractivity contribution in [2.24, 2.45) is 0 Å². The third-order valence-electron chi connectivity index (χ3n) is 6.01. The van der Waals surface area contributed by atoms with Crippen LogP contribution in [0, 0.1) is 0 Å². The highest BCUT2D eigenvalue weighted by molar-refractivity contribution is 6.99. The van der Waals surface area contributed by atoms with Crippen molar-refractivity contribution in [3.63, 3.8) is 0 Å². The molecule has 3 aromatic rings. The Morgan fingerprint density at radius 3 is 1.84 bits per heavy atom. The molecule has 3 aromatic carbocycles. The number of hydrogen-bond donors (Lipinski definition) is 0.